The van der Waals surface area contributed by atoms with Crippen molar-refractivity contribution in [2.75, 3.05) is 19.7 Å². The van der Waals surface area contributed by atoms with Gasteiger partial charge in [0.05, 0.1) is 19.7 Å². The van der Waals surface area contributed by atoms with Crippen molar-refractivity contribution >= 4 is 5.91 Å². The smallest absolute Gasteiger partial charge is 0.290 e. The van der Waals surface area contributed by atoms with Gasteiger partial charge in [-0.1, -0.05) is 11.8 Å². The Labute approximate surface area is 90.1 Å². The van der Waals surface area contributed by atoms with Crippen LogP contribution in [0.25, 0.3) is 0 Å². The van der Waals surface area contributed by atoms with E-state index in [4.69, 9.17) is 17.6 Å². The minimum absolute atomic E-state index is 0.212. The molecule has 0 fully saturated rings. The van der Waals surface area contributed by atoms with Gasteiger partial charge < -0.3 is 9.64 Å². The highest BCUT2D eigenvalue weighted by atomic mass is 16.5. The topological polar surface area (TPSA) is 29.5 Å². The molecule has 0 saturated heterocycles. The molecule has 1 aliphatic heterocycles. The predicted molar refractivity (Wildman–Crippen MR) is 57.5 cm³/mol. The monoisotopic (exact) mass is 203 g/mol. The molecule has 0 radical (unpaired) electrons. The molecule has 1 amide bonds. The lowest BCUT2D eigenvalue weighted by Crippen LogP contribution is -2.34. The van der Waals surface area contributed by atoms with E-state index in [0.717, 1.165) is 12.8 Å². The number of hydrogen-bond acceptors (Lipinski definition) is 2. The van der Waals surface area contributed by atoms with Gasteiger partial charge in [0.1, 0.15) is 0 Å². The highest BCUT2D eigenvalue weighted by Crippen LogP contribution is 2.12. The Morgan fingerprint density at radius 3 is 2.60 bits per heavy atom. The number of amides is 1. The van der Waals surface area contributed by atoms with Crippen LogP contribution in [0.5, 0.6) is 0 Å². The molecule has 0 aromatic carbocycles. The van der Waals surface area contributed by atoms with E-state index in [-0.39, 0.29) is 19.0 Å². The minimum atomic E-state index is -0.217. The molecule has 3 nitrogen and oxygen atoms in total. The summed E-state index contributed by atoms with van der Waals surface area (Å²) in [6.07, 6.45) is 13.9. The molecular weight excluding hydrogens is 190 g/mol. The molecular formula is C12H13NO2. The van der Waals surface area contributed by atoms with Crippen LogP contribution < -0.4 is 0 Å². The zero-order valence-electron chi connectivity index (χ0n) is 8.53. The van der Waals surface area contributed by atoms with E-state index in [1.807, 2.05) is 0 Å². The normalized spacial score (nSPS) is 14.1. The largest absolute Gasteiger partial charge is 0.488 e. The Hall–Kier alpha value is -1.87. The average Bonchev–Trinajstić information content (AvgIpc) is 2.29. The van der Waals surface area contributed by atoms with Crippen molar-refractivity contribution in [3.8, 4) is 24.7 Å². The molecule has 0 atom stereocenters. The zero-order valence-corrected chi connectivity index (χ0v) is 8.53. The molecule has 0 aromatic heterocycles. The molecule has 0 unspecified atom stereocenters. The van der Waals surface area contributed by atoms with Gasteiger partial charge >= 0.3 is 0 Å². The van der Waals surface area contributed by atoms with Gasteiger partial charge in [0.2, 0.25) is 0 Å². The van der Waals surface area contributed by atoms with E-state index < -0.39 is 0 Å². The van der Waals surface area contributed by atoms with E-state index in [2.05, 4.69) is 11.8 Å². The second kappa shape index (κ2) is 5.78. The van der Waals surface area contributed by atoms with Crippen LogP contribution in [0, 0.1) is 24.7 Å². The van der Waals surface area contributed by atoms with Gasteiger partial charge in [-0.15, -0.1) is 12.8 Å². The van der Waals surface area contributed by atoms with E-state index in [1.54, 1.807) is 6.08 Å². The van der Waals surface area contributed by atoms with E-state index in [0.29, 0.717) is 12.4 Å². The van der Waals surface area contributed by atoms with Crippen LogP contribution in [0.3, 0.4) is 0 Å². The van der Waals surface area contributed by atoms with Crippen LogP contribution in [0.15, 0.2) is 11.8 Å². The van der Waals surface area contributed by atoms with Crippen LogP contribution >= 0.6 is 0 Å². The summed E-state index contributed by atoms with van der Waals surface area (Å²) < 4.78 is 5.25. The predicted octanol–water partition coefficient (Wildman–Crippen LogP) is 0.776. The summed E-state index contributed by atoms with van der Waals surface area (Å²) in [5, 5.41) is 0. The fourth-order valence-electron chi connectivity index (χ4n) is 1.28. The molecule has 1 heterocycles. The Morgan fingerprint density at radius 2 is 2.13 bits per heavy atom. The second-order valence-electron chi connectivity index (χ2n) is 3.13. The van der Waals surface area contributed by atoms with Gasteiger partial charge in [-0.25, -0.2) is 0 Å². The van der Waals surface area contributed by atoms with Gasteiger partial charge in [-0.2, -0.15) is 0 Å². The standard InChI is InChI=1S/C12H13NO2/c1-3-8-13(9-4-2)12(14)11-7-5-6-10-15-11/h1-2,7H,5-6,8-10H2. The van der Waals surface area contributed by atoms with Crippen molar-refractivity contribution in [2.24, 2.45) is 0 Å². The van der Waals surface area contributed by atoms with Gasteiger partial charge in [0, 0.05) is 0 Å². The number of carbonyl (C=O) groups is 1. The van der Waals surface area contributed by atoms with Gasteiger partial charge in [0.15, 0.2) is 5.76 Å². The molecule has 0 N–H and O–H groups in total. The Bertz CT molecular complexity index is 328. The fourth-order valence-corrected chi connectivity index (χ4v) is 1.28. The average molecular weight is 203 g/mol. The first-order chi connectivity index (χ1) is 7.29. The van der Waals surface area contributed by atoms with Crippen LogP contribution in [0.4, 0.5) is 0 Å². The number of rotatable bonds is 3. The van der Waals surface area contributed by atoms with Crippen molar-refractivity contribution in [1.82, 2.24) is 4.90 Å². The van der Waals surface area contributed by atoms with E-state index in [9.17, 15) is 4.79 Å². The first-order valence-electron chi connectivity index (χ1n) is 4.78. The molecule has 0 saturated carbocycles. The maximum absolute atomic E-state index is 11.8. The van der Waals surface area contributed by atoms with Gasteiger partial charge in [0.25, 0.3) is 5.91 Å². The Morgan fingerprint density at radius 1 is 1.47 bits per heavy atom. The number of nitrogens with zero attached hydrogens (tertiary/aromatic N) is 1. The van der Waals surface area contributed by atoms with E-state index in [1.165, 1.54) is 4.90 Å². The summed E-state index contributed by atoms with van der Waals surface area (Å²) in [5.41, 5.74) is 0. The van der Waals surface area contributed by atoms with Crippen molar-refractivity contribution < 1.29 is 9.53 Å². The van der Waals surface area contributed by atoms with E-state index >= 15 is 0 Å². The SMILES string of the molecule is C#CCN(CC#C)C(=O)C1=CCCCO1. The molecule has 78 valence electrons. The molecule has 1 rings (SSSR count). The summed E-state index contributed by atoms with van der Waals surface area (Å²) in [6.45, 7) is 1.00. The highest BCUT2D eigenvalue weighted by molar-refractivity contribution is 5.91. The Balaban J connectivity index is 2.67. The summed E-state index contributed by atoms with van der Waals surface area (Å²) in [6, 6.07) is 0. The molecule has 0 bridgehead atoms. The summed E-state index contributed by atoms with van der Waals surface area (Å²) in [7, 11) is 0. The first-order valence-corrected chi connectivity index (χ1v) is 4.78. The van der Waals surface area contributed by atoms with Crippen LogP contribution in [0.2, 0.25) is 0 Å². The Kier molecular flexibility index (Phi) is 4.31. The summed E-state index contributed by atoms with van der Waals surface area (Å²) in [5.74, 6) is 4.95. The first kappa shape index (κ1) is 11.2. The van der Waals surface area contributed by atoms with Crippen molar-refractivity contribution in [1.29, 1.82) is 0 Å². The molecule has 1 aliphatic rings. The van der Waals surface area contributed by atoms with Crippen molar-refractivity contribution in [3.05, 3.63) is 11.8 Å². The van der Waals surface area contributed by atoms with Crippen molar-refractivity contribution in [3.63, 3.8) is 0 Å². The van der Waals surface area contributed by atoms with Crippen LogP contribution in [-0.2, 0) is 9.53 Å². The lowest BCUT2D eigenvalue weighted by Gasteiger charge is -2.21. The minimum Gasteiger partial charge on any atom is -0.488 e. The zero-order chi connectivity index (χ0) is 11.1. The fraction of sp³-hybridized carbons (Fsp3) is 0.417. The third-order valence-corrected chi connectivity index (χ3v) is 2.00. The van der Waals surface area contributed by atoms with Crippen LogP contribution in [-0.4, -0.2) is 30.5 Å². The summed E-state index contributed by atoms with van der Waals surface area (Å²) >= 11 is 0. The molecule has 0 aromatic rings. The molecule has 3 heteroatoms. The van der Waals surface area contributed by atoms with Crippen LogP contribution in [0.1, 0.15) is 12.8 Å². The van der Waals surface area contributed by atoms with Gasteiger partial charge in [-0.05, 0) is 18.9 Å². The highest BCUT2D eigenvalue weighted by Gasteiger charge is 2.19. The number of hydrogen-bond donors (Lipinski definition) is 0. The number of ether oxygens (including phenoxy) is 1. The van der Waals surface area contributed by atoms with Gasteiger partial charge in [-0.3, -0.25) is 4.79 Å². The number of carbonyl (C=O) groups excluding carboxylic acids is 1. The summed E-state index contributed by atoms with van der Waals surface area (Å²) in [4.78, 5) is 13.2. The molecule has 0 spiro atoms. The third-order valence-electron chi connectivity index (χ3n) is 2.00. The lowest BCUT2D eigenvalue weighted by molar-refractivity contribution is -0.130. The maximum atomic E-state index is 11.8. The molecule has 15 heavy (non-hydrogen) atoms. The second-order valence-corrected chi connectivity index (χ2v) is 3.13. The van der Waals surface area contributed by atoms with Crippen molar-refractivity contribution in [2.45, 2.75) is 12.8 Å². The molecule has 0 aliphatic carbocycles. The quantitative estimate of drug-likeness (QED) is 0.634. The number of terminal acetylenes is 2. The maximum Gasteiger partial charge on any atom is 0.290 e. The third kappa shape index (κ3) is 3.07. The number of allylic oxidation sites excluding steroid dienone is 1. The lowest BCUT2D eigenvalue weighted by atomic mass is 10.2.